The third kappa shape index (κ3) is 3.81. The Morgan fingerprint density at radius 2 is 1.92 bits per heavy atom. The number of aromatic nitrogens is 2. The van der Waals surface area contributed by atoms with Crippen molar-refractivity contribution in [2.45, 2.75) is 17.1 Å². The van der Waals surface area contributed by atoms with Crippen molar-refractivity contribution in [2.75, 3.05) is 12.3 Å². The zero-order valence-electron chi connectivity index (χ0n) is 14.1. The fourth-order valence-electron chi connectivity index (χ4n) is 2.47. The first-order valence-electron chi connectivity index (χ1n) is 7.55. The van der Waals surface area contributed by atoms with Gasteiger partial charge in [0, 0.05) is 5.56 Å². The van der Waals surface area contributed by atoms with Crippen LogP contribution in [-0.2, 0) is 10.7 Å². The van der Waals surface area contributed by atoms with Crippen LogP contribution in [0.3, 0.4) is 0 Å². The fourth-order valence-corrected chi connectivity index (χ4v) is 2.61. The van der Waals surface area contributed by atoms with Crippen molar-refractivity contribution in [3.63, 3.8) is 0 Å². The van der Waals surface area contributed by atoms with Crippen LogP contribution < -0.4 is 5.73 Å². The van der Waals surface area contributed by atoms with Gasteiger partial charge in [0.05, 0.1) is 42.0 Å². The monoisotopic (exact) mass is 365 g/mol. The van der Waals surface area contributed by atoms with E-state index in [1.165, 1.54) is 18.3 Å². The highest BCUT2D eigenvalue weighted by Crippen LogP contribution is 2.35. The van der Waals surface area contributed by atoms with Gasteiger partial charge < -0.3 is 15.9 Å². The van der Waals surface area contributed by atoms with Crippen LogP contribution in [0.1, 0.15) is 11.1 Å². The molecule has 0 saturated carbocycles. The van der Waals surface area contributed by atoms with E-state index < -0.39 is 18.6 Å². The highest BCUT2D eigenvalue weighted by molar-refractivity contribution is 6.59. The lowest BCUT2D eigenvalue weighted by Gasteiger charge is -2.29. The third-order valence-corrected chi connectivity index (χ3v) is 4.24. The minimum atomic E-state index is -3.16. The summed E-state index contributed by atoms with van der Waals surface area (Å²) in [6, 6.07) is 4.37. The summed E-state index contributed by atoms with van der Waals surface area (Å²) in [6.45, 7) is -1.12. The lowest BCUT2D eigenvalue weighted by atomic mass is 9.39. The molecule has 2 aromatic rings. The third-order valence-electron chi connectivity index (χ3n) is 3.96. The second-order valence-electron chi connectivity index (χ2n) is 6.82. The second-order valence-corrected chi connectivity index (χ2v) is 7.18. The molecular weight excluding hydrogens is 348 g/mol. The molecule has 1 unspecified atom stereocenters. The minimum Gasteiger partial charge on any atom is -0.393 e. The maximum Gasteiger partial charge on any atom is 0.273 e. The summed E-state index contributed by atoms with van der Waals surface area (Å²) in [6.07, 6.45) is -1.78. The predicted molar refractivity (Wildman–Crippen MR) is 101 cm³/mol. The molecule has 2 rings (SSSR count). The van der Waals surface area contributed by atoms with E-state index in [2.05, 4.69) is 9.97 Å². The summed E-state index contributed by atoms with van der Waals surface area (Å²) < 4.78 is 26.6. The molecule has 0 fully saturated rings. The van der Waals surface area contributed by atoms with E-state index in [1.807, 2.05) is 23.5 Å². The maximum absolute atomic E-state index is 13.3. The Bertz CT molecular complexity index is 792. The van der Waals surface area contributed by atoms with Crippen LogP contribution in [0.2, 0.25) is 5.15 Å². The van der Waals surface area contributed by atoms with Gasteiger partial charge in [0.25, 0.3) is 6.43 Å². The summed E-state index contributed by atoms with van der Waals surface area (Å²) >= 11 is 5.93. The quantitative estimate of drug-likeness (QED) is 0.581. The van der Waals surface area contributed by atoms with Gasteiger partial charge in [-0.05, 0) is 11.6 Å². The summed E-state index contributed by atoms with van der Waals surface area (Å²) in [7, 11) is 5.84. The molecule has 5 nitrogen and oxygen atoms in total. The maximum atomic E-state index is 13.3. The molecule has 130 valence electrons. The summed E-state index contributed by atoms with van der Waals surface area (Å²) in [5.41, 5.74) is 4.39. The normalized spacial score (nSPS) is 14.5. The number of nitrogens with two attached hydrogens (primary N) is 1. The van der Waals surface area contributed by atoms with Crippen molar-refractivity contribution in [3.05, 3.63) is 40.7 Å². The molecule has 0 saturated heterocycles. The van der Waals surface area contributed by atoms with Crippen molar-refractivity contribution in [2.24, 2.45) is 0 Å². The highest BCUT2D eigenvalue weighted by atomic mass is 35.5. The van der Waals surface area contributed by atoms with Gasteiger partial charge in [0.2, 0.25) is 0 Å². The molecule has 0 amide bonds. The number of alkyl halides is 2. The average Bonchev–Trinajstić information content (AvgIpc) is 2.55. The topological polar surface area (TPSA) is 92.3 Å². The van der Waals surface area contributed by atoms with Crippen LogP contribution in [0.25, 0.3) is 11.3 Å². The Morgan fingerprint density at radius 3 is 2.40 bits per heavy atom. The van der Waals surface area contributed by atoms with E-state index in [1.54, 1.807) is 6.07 Å². The number of aliphatic hydroxyl groups excluding tert-OH is 1. The van der Waals surface area contributed by atoms with Gasteiger partial charge in [-0.15, -0.1) is 0 Å². The summed E-state index contributed by atoms with van der Waals surface area (Å²) in [5.74, 6) is 0.0540. The van der Waals surface area contributed by atoms with Crippen LogP contribution >= 0.6 is 11.6 Å². The molecule has 1 heterocycles. The van der Waals surface area contributed by atoms with E-state index in [-0.39, 0.29) is 21.6 Å². The number of anilines is 1. The summed E-state index contributed by atoms with van der Waals surface area (Å²) in [4.78, 5) is 8.11. The fraction of sp³-hybridized carbons (Fsp3) is 0.286. The Labute approximate surface area is 151 Å². The smallest absolute Gasteiger partial charge is 0.273 e. The molecule has 0 aliphatic carbocycles. The van der Waals surface area contributed by atoms with Gasteiger partial charge in [-0.25, -0.2) is 18.7 Å². The average molecular weight is 365 g/mol. The molecule has 1 aromatic carbocycles. The molecule has 11 heteroatoms. The highest BCUT2D eigenvalue weighted by Gasteiger charge is 2.40. The van der Waals surface area contributed by atoms with E-state index in [0.717, 1.165) is 5.56 Å². The SMILES string of the molecule is BC(B)(B)c1ccc(C(O)(CO)C(F)F)cc1-c1cnc(N)c(Cl)n1. The molecule has 0 spiro atoms. The van der Waals surface area contributed by atoms with Crippen LogP contribution in [0.15, 0.2) is 24.4 Å². The van der Waals surface area contributed by atoms with E-state index in [0.29, 0.717) is 11.3 Å². The Morgan fingerprint density at radius 1 is 1.28 bits per heavy atom. The van der Waals surface area contributed by atoms with Crippen molar-refractivity contribution in [3.8, 4) is 11.3 Å². The van der Waals surface area contributed by atoms with E-state index in [4.69, 9.17) is 17.3 Å². The predicted octanol–water partition coefficient (Wildman–Crippen LogP) is -1.17. The molecule has 1 aromatic heterocycles. The Hall–Kier alpha value is -1.64. The Balaban J connectivity index is 2.73. The van der Waals surface area contributed by atoms with E-state index in [9.17, 15) is 19.0 Å². The number of nitrogens with zero attached hydrogens (tertiary/aromatic N) is 2. The zero-order chi connectivity index (χ0) is 19.0. The standard InChI is InChI=1S/C14H17B3ClF2N3O2/c15-14(16,17)8-2-1-6(13(25,5-24)12(19)20)3-7(8)9-4-22-11(21)10(18)23-9/h1-4,12,24-25H,5,15-17H2,(H2,21,22). The van der Waals surface area contributed by atoms with Gasteiger partial charge in [-0.2, -0.15) is 0 Å². The van der Waals surface area contributed by atoms with Crippen molar-refractivity contribution < 1.29 is 19.0 Å². The number of nitrogen functional groups attached to an aromatic ring is 1. The number of aliphatic hydroxyl groups is 2. The lowest BCUT2D eigenvalue weighted by Crippen LogP contribution is -2.38. The molecule has 0 aliphatic rings. The first kappa shape index (κ1) is 19.7. The molecule has 0 aliphatic heterocycles. The largest absolute Gasteiger partial charge is 0.393 e. The van der Waals surface area contributed by atoms with Crippen LogP contribution in [0, 0.1) is 0 Å². The number of benzene rings is 1. The Kier molecular flexibility index (Phi) is 5.46. The van der Waals surface area contributed by atoms with Crippen molar-refractivity contribution >= 4 is 41.0 Å². The minimum absolute atomic E-state index is 0.00552. The number of halogens is 3. The molecule has 1 atom stereocenters. The number of rotatable bonds is 5. The molecule has 0 bridgehead atoms. The first-order valence-corrected chi connectivity index (χ1v) is 7.93. The van der Waals surface area contributed by atoms with Crippen LogP contribution in [0.5, 0.6) is 0 Å². The van der Waals surface area contributed by atoms with Gasteiger partial charge in [-0.3, -0.25) is 0 Å². The number of hydrogen-bond acceptors (Lipinski definition) is 5. The van der Waals surface area contributed by atoms with Gasteiger partial charge in [0.1, 0.15) is 0 Å². The van der Waals surface area contributed by atoms with Crippen molar-refractivity contribution in [1.82, 2.24) is 9.97 Å². The summed E-state index contributed by atoms with van der Waals surface area (Å²) in [5, 5.41) is 19.1. The second kappa shape index (κ2) is 6.94. The first-order chi connectivity index (χ1) is 11.5. The lowest BCUT2D eigenvalue weighted by molar-refractivity contribution is -0.129. The van der Waals surface area contributed by atoms with E-state index >= 15 is 0 Å². The van der Waals surface area contributed by atoms with Gasteiger partial charge >= 0.3 is 0 Å². The van der Waals surface area contributed by atoms with Gasteiger partial charge in [-0.1, -0.05) is 34.4 Å². The van der Waals surface area contributed by atoms with Gasteiger partial charge in [0.15, 0.2) is 16.6 Å². The number of hydrogen-bond donors (Lipinski definition) is 3. The van der Waals surface area contributed by atoms with Crippen LogP contribution in [0.4, 0.5) is 14.6 Å². The van der Waals surface area contributed by atoms with Crippen LogP contribution in [-0.4, -0.2) is 56.8 Å². The molecule has 0 radical (unpaired) electrons. The molecule has 4 N–H and O–H groups in total. The molecule has 25 heavy (non-hydrogen) atoms. The molecular formula is C14H17B3ClF2N3O2. The van der Waals surface area contributed by atoms with Crippen molar-refractivity contribution in [1.29, 1.82) is 0 Å². The zero-order valence-corrected chi connectivity index (χ0v) is 14.8.